The molecule has 0 aliphatic carbocycles. The Morgan fingerprint density at radius 1 is 1.50 bits per heavy atom. The highest BCUT2D eigenvalue weighted by Gasteiger charge is 2.32. The average Bonchev–Trinajstić information content (AvgIpc) is 2.27. The topological polar surface area (TPSA) is 35.5 Å². The third-order valence-electron chi connectivity index (χ3n) is 3.00. The SMILES string of the molecule is COc1cc(C)cc2c1CC[C@](C)(C=O)O2. The van der Waals surface area contributed by atoms with E-state index in [4.69, 9.17) is 9.47 Å². The first-order chi connectivity index (χ1) is 7.58. The molecular formula is C13H16O3. The monoisotopic (exact) mass is 220 g/mol. The molecule has 1 heterocycles. The maximum absolute atomic E-state index is 11.0. The molecule has 3 heteroatoms. The molecule has 0 saturated heterocycles. The highest BCUT2D eigenvalue weighted by atomic mass is 16.5. The molecular weight excluding hydrogens is 204 g/mol. The van der Waals surface area contributed by atoms with Gasteiger partial charge in [-0.15, -0.1) is 0 Å². The standard InChI is InChI=1S/C13H16O3/c1-9-6-11(15-3)10-4-5-13(2,8-14)16-12(10)7-9/h6-8H,4-5H2,1-3H3/t13-/m1/s1. The second-order valence-electron chi connectivity index (χ2n) is 4.48. The van der Waals surface area contributed by atoms with Crippen LogP contribution in [0.15, 0.2) is 12.1 Å². The van der Waals surface area contributed by atoms with Crippen LogP contribution in [0.25, 0.3) is 0 Å². The van der Waals surface area contributed by atoms with Gasteiger partial charge in [0.05, 0.1) is 7.11 Å². The summed E-state index contributed by atoms with van der Waals surface area (Å²) in [5.74, 6) is 1.63. The fourth-order valence-electron chi connectivity index (χ4n) is 2.03. The first-order valence-electron chi connectivity index (χ1n) is 5.41. The van der Waals surface area contributed by atoms with Crippen LogP contribution in [0, 0.1) is 6.92 Å². The van der Waals surface area contributed by atoms with E-state index in [2.05, 4.69) is 0 Å². The summed E-state index contributed by atoms with van der Waals surface area (Å²) in [5.41, 5.74) is 1.45. The zero-order chi connectivity index (χ0) is 11.8. The van der Waals surface area contributed by atoms with Crippen molar-refractivity contribution in [3.05, 3.63) is 23.3 Å². The van der Waals surface area contributed by atoms with Gasteiger partial charge in [0.2, 0.25) is 0 Å². The summed E-state index contributed by atoms with van der Waals surface area (Å²) in [6.45, 7) is 3.80. The number of fused-ring (bicyclic) bond motifs is 1. The Hall–Kier alpha value is -1.51. The number of methoxy groups -OCH3 is 1. The van der Waals surface area contributed by atoms with E-state index in [1.807, 2.05) is 26.0 Å². The molecule has 0 saturated carbocycles. The smallest absolute Gasteiger partial charge is 0.163 e. The van der Waals surface area contributed by atoms with Crippen LogP contribution < -0.4 is 9.47 Å². The van der Waals surface area contributed by atoms with Crippen LogP contribution in [-0.4, -0.2) is 19.0 Å². The second-order valence-corrected chi connectivity index (χ2v) is 4.48. The van der Waals surface area contributed by atoms with Crippen molar-refractivity contribution in [2.45, 2.75) is 32.3 Å². The Morgan fingerprint density at radius 3 is 2.88 bits per heavy atom. The van der Waals surface area contributed by atoms with Crippen molar-refractivity contribution in [3.63, 3.8) is 0 Å². The van der Waals surface area contributed by atoms with Crippen LogP contribution in [0.5, 0.6) is 11.5 Å². The highest BCUT2D eigenvalue weighted by molar-refractivity contribution is 5.64. The normalized spacial score (nSPS) is 23.2. The van der Waals surface area contributed by atoms with Gasteiger partial charge in [0, 0.05) is 5.56 Å². The minimum Gasteiger partial charge on any atom is -0.496 e. The Bertz CT molecular complexity index is 425. The molecule has 3 nitrogen and oxygen atoms in total. The predicted octanol–water partition coefficient (Wildman–Crippen LogP) is 2.29. The van der Waals surface area contributed by atoms with Crippen LogP contribution in [0.3, 0.4) is 0 Å². The van der Waals surface area contributed by atoms with Gasteiger partial charge >= 0.3 is 0 Å². The predicted molar refractivity (Wildman–Crippen MR) is 61.1 cm³/mol. The van der Waals surface area contributed by atoms with Crippen molar-refractivity contribution < 1.29 is 14.3 Å². The van der Waals surface area contributed by atoms with Gasteiger partial charge in [-0.2, -0.15) is 0 Å². The van der Waals surface area contributed by atoms with Crippen molar-refractivity contribution >= 4 is 6.29 Å². The highest BCUT2D eigenvalue weighted by Crippen LogP contribution is 2.38. The van der Waals surface area contributed by atoms with Crippen LogP contribution in [-0.2, 0) is 11.2 Å². The van der Waals surface area contributed by atoms with E-state index in [0.29, 0.717) is 6.42 Å². The Morgan fingerprint density at radius 2 is 2.25 bits per heavy atom. The number of aryl methyl sites for hydroxylation is 1. The number of hydrogen-bond donors (Lipinski definition) is 0. The summed E-state index contributed by atoms with van der Waals surface area (Å²) in [6.07, 6.45) is 2.39. The summed E-state index contributed by atoms with van der Waals surface area (Å²) in [5, 5.41) is 0. The number of ether oxygens (including phenoxy) is 2. The minimum atomic E-state index is -0.689. The lowest BCUT2D eigenvalue weighted by Gasteiger charge is -2.32. The van der Waals surface area contributed by atoms with E-state index in [-0.39, 0.29) is 0 Å². The van der Waals surface area contributed by atoms with Gasteiger partial charge in [0.15, 0.2) is 11.9 Å². The van der Waals surface area contributed by atoms with Gasteiger partial charge in [-0.1, -0.05) is 0 Å². The van der Waals surface area contributed by atoms with Gasteiger partial charge in [0.25, 0.3) is 0 Å². The molecule has 1 aromatic rings. The van der Waals surface area contributed by atoms with Crippen LogP contribution in [0.1, 0.15) is 24.5 Å². The molecule has 0 radical (unpaired) electrons. The average molecular weight is 220 g/mol. The third kappa shape index (κ3) is 1.77. The van der Waals surface area contributed by atoms with Crippen LogP contribution in [0.4, 0.5) is 0 Å². The fraction of sp³-hybridized carbons (Fsp3) is 0.462. The molecule has 0 unspecified atom stereocenters. The molecule has 0 bridgehead atoms. The largest absolute Gasteiger partial charge is 0.496 e. The summed E-state index contributed by atoms with van der Waals surface area (Å²) < 4.78 is 11.1. The van der Waals surface area contributed by atoms with E-state index in [1.165, 1.54) is 0 Å². The number of hydrogen-bond acceptors (Lipinski definition) is 3. The summed E-state index contributed by atoms with van der Waals surface area (Å²) in [4.78, 5) is 11.0. The molecule has 0 amide bonds. The summed E-state index contributed by atoms with van der Waals surface area (Å²) in [7, 11) is 1.66. The maximum atomic E-state index is 11.0. The lowest BCUT2D eigenvalue weighted by molar-refractivity contribution is -0.121. The van der Waals surface area contributed by atoms with E-state index < -0.39 is 5.60 Å². The van der Waals surface area contributed by atoms with E-state index in [1.54, 1.807) is 7.11 Å². The molecule has 1 aromatic carbocycles. The lowest BCUT2D eigenvalue weighted by Crippen LogP contribution is -2.37. The lowest BCUT2D eigenvalue weighted by atomic mass is 9.92. The zero-order valence-electron chi connectivity index (χ0n) is 9.87. The Balaban J connectivity index is 2.46. The van der Waals surface area contributed by atoms with Crippen molar-refractivity contribution in [1.82, 2.24) is 0 Å². The van der Waals surface area contributed by atoms with E-state index >= 15 is 0 Å². The van der Waals surface area contributed by atoms with Gasteiger partial charge < -0.3 is 9.47 Å². The van der Waals surface area contributed by atoms with Gasteiger partial charge in [0.1, 0.15) is 11.5 Å². The van der Waals surface area contributed by atoms with Crippen molar-refractivity contribution in [2.24, 2.45) is 0 Å². The third-order valence-corrected chi connectivity index (χ3v) is 3.00. The quantitative estimate of drug-likeness (QED) is 0.717. The minimum absolute atomic E-state index is 0.689. The molecule has 0 N–H and O–H groups in total. The summed E-state index contributed by atoms with van der Waals surface area (Å²) in [6, 6.07) is 3.95. The van der Waals surface area contributed by atoms with Gasteiger partial charge in [-0.25, -0.2) is 0 Å². The van der Waals surface area contributed by atoms with Crippen LogP contribution in [0.2, 0.25) is 0 Å². The molecule has 0 spiro atoms. The zero-order valence-corrected chi connectivity index (χ0v) is 9.87. The maximum Gasteiger partial charge on any atom is 0.163 e. The van der Waals surface area contributed by atoms with E-state index in [0.717, 1.165) is 35.3 Å². The number of carbonyl (C=O) groups excluding carboxylic acids is 1. The first-order valence-corrected chi connectivity index (χ1v) is 5.41. The van der Waals surface area contributed by atoms with E-state index in [9.17, 15) is 4.79 Å². The number of carbonyl (C=O) groups is 1. The molecule has 16 heavy (non-hydrogen) atoms. The Kier molecular flexibility index (Phi) is 2.62. The van der Waals surface area contributed by atoms with Gasteiger partial charge in [-0.05, 0) is 44.4 Å². The van der Waals surface area contributed by atoms with Gasteiger partial charge in [-0.3, -0.25) is 4.79 Å². The molecule has 1 atom stereocenters. The number of aldehydes is 1. The molecule has 2 rings (SSSR count). The molecule has 1 aliphatic rings. The first kappa shape index (κ1) is 11.0. The number of rotatable bonds is 2. The van der Waals surface area contributed by atoms with Crippen LogP contribution >= 0.6 is 0 Å². The van der Waals surface area contributed by atoms with Crippen molar-refractivity contribution in [2.75, 3.05) is 7.11 Å². The second kappa shape index (κ2) is 3.81. The summed E-state index contributed by atoms with van der Waals surface area (Å²) >= 11 is 0. The molecule has 0 fully saturated rings. The Labute approximate surface area is 95.4 Å². The molecule has 0 aromatic heterocycles. The van der Waals surface area contributed by atoms with Crippen molar-refractivity contribution in [3.8, 4) is 11.5 Å². The number of benzene rings is 1. The fourth-order valence-corrected chi connectivity index (χ4v) is 2.03. The van der Waals surface area contributed by atoms with Crippen molar-refractivity contribution in [1.29, 1.82) is 0 Å². The molecule has 1 aliphatic heterocycles. The molecule has 86 valence electrons.